The highest BCUT2D eigenvalue weighted by atomic mass is 19.1. The predicted octanol–water partition coefficient (Wildman–Crippen LogP) is 18.6. The summed E-state index contributed by atoms with van der Waals surface area (Å²) in [4.78, 5) is 4.21. The summed E-state index contributed by atoms with van der Waals surface area (Å²) in [6.45, 7) is 0. The molecular formula is C66H40F5N5. The average Bonchev–Trinajstić information content (AvgIpc) is 4.22. The molecule has 10 heteroatoms. The predicted molar refractivity (Wildman–Crippen MR) is 299 cm³/mol. The van der Waals surface area contributed by atoms with Crippen molar-refractivity contribution in [2.75, 3.05) is 9.80 Å². The Kier molecular flexibility index (Phi) is 10.4. The summed E-state index contributed by atoms with van der Waals surface area (Å²) in [5, 5.41) is 5.74. The molecule has 11 aromatic carbocycles. The summed E-state index contributed by atoms with van der Waals surface area (Å²) in [6.07, 6.45) is 0. The topological polar surface area (TPSA) is 21.3 Å². The largest absolute Gasteiger partial charge is 0.310 e. The molecule has 0 aliphatic carbocycles. The molecule has 0 amide bonds. The Hall–Kier alpha value is -9.93. The first-order valence-corrected chi connectivity index (χ1v) is 24.8. The third kappa shape index (κ3) is 7.36. The Morgan fingerprint density at radius 1 is 0.211 bits per heavy atom. The summed E-state index contributed by atoms with van der Waals surface area (Å²) in [5.41, 5.74) is 12.6. The molecule has 0 bridgehead atoms. The van der Waals surface area contributed by atoms with Gasteiger partial charge in [0.15, 0.2) is 0 Å². The quantitative estimate of drug-likeness (QED) is 0.134. The zero-order valence-corrected chi connectivity index (χ0v) is 40.2. The van der Waals surface area contributed by atoms with E-state index in [1.54, 1.807) is 60.7 Å². The van der Waals surface area contributed by atoms with Gasteiger partial charge in [0.05, 0.1) is 33.1 Å². The van der Waals surface area contributed by atoms with Crippen LogP contribution in [0.5, 0.6) is 0 Å². The number of anilines is 6. The highest BCUT2D eigenvalue weighted by Gasteiger charge is 2.23. The molecule has 0 radical (unpaired) electrons. The molecule has 0 aliphatic rings. The SMILES string of the molecule is Fc1ccc(N(c2ccc3c(c2)c2ccccc2n3-c2ccc(F)cc2)c2ccc3c(c2)c2cc(N(c4ccc(F)cc4)c4ccc5c(c4)c4ccccc4n5-c4ccc(F)cc4)ccc2n3-c2ccc(F)cc2)cc1. The van der Waals surface area contributed by atoms with Gasteiger partial charge in [-0.25, -0.2) is 22.0 Å². The van der Waals surface area contributed by atoms with E-state index in [1.165, 1.54) is 60.7 Å². The van der Waals surface area contributed by atoms with Crippen LogP contribution in [0, 0.1) is 29.1 Å². The standard InChI is InChI=1S/C66H40F5N5/c67-41-9-19-46(20-10-41)72(51-29-33-63-57(37-51)55-5-1-3-7-61(55)74(63)48-23-13-43(69)14-24-48)53-31-35-65-59(39-53)60-40-54(32-36-66(60)76(65)50-27-17-45(71)18-28-50)73(47-21-11-42(68)12-22-47)52-30-34-64-58(38-52)56-6-2-4-8-62(56)75(64)49-25-15-44(70)16-26-49/h1-40H. The van der Waals surface area contributed by atoms with Crippen LogP contribution < -0.4 is 9.80 Å². The van der Waals surface area contributed by atoms with Crippen molar-refractivity contribution in [3.63, 3.8) is 0 Å². The van der Waals surface area contributed by atoms with E-state index < -0.39 is 0 Å². The zero-order valence-electron chi connectivity index (χ0n) is 40.2. The normalized spacial score (nSPS) is 11.8. The molecule has 14 rings (SSSR count). The molecule has 364 valence electrons. The van der Waals surface area contributed by atoms with Crippen molar-refractivity contribution in [3.05, 3.63) is 272 Å². The number of hydrogen-bond donors (Lipinski definition) is 0. The van der Waals surface area contributed by atoms with E-state index in [4.69, 9.17) is 0 Å². The van der Waals surface area contributed by atoms with Crippen LogP contribution in [0.1, 0.15) is 0 Å². The summed E-state index contributed by atoms with van der Waals surface area (Å²) < 4.78 is 79.0. The third-order valence-electron chi connectivity index (χ3n) is 14.5. The van der Waals surface area contributed by atoms with Crippen LogP contribution in [-0.2, 0) is 0 Å². The van der Waals surface area contributed by atoms with Crippen molar-refractivity contribution in [2.24, 2.45) is 0 Å². The summed E-state index contributed by atoms with van der Waals surface area (Å²) in [6, 6.07) is 73.5. The highest BCUT2D eigenvalue weighted by Crippen LogP contribution is 2.45. The maximum Gasteiger partial charge on any atom is 0.123 e. The molecule has 0 aliphatic heterocycles. The van der Waals surface area contributed by atoms with Crippen LogP contribution in [0.3, 0.4) is 0 Å². The van der Waals surface area contributed by atoms with Crippen LogP contribution in [0.25, 0.3) is 82.5 Å². The van der Waals surface area contributed by atoms with Crippen molar-refractivity contribution < 1.29 is 22.0 Å². The van der Waals surface area contributed by atoms with E-state index >= 15 is 0 Å². The van der Waals surface area contributed by atoms with Crippen LogP contribution in [-0.4, -0.2) is 13.7 Å². The average molecular weight is 998 g/mol. The second kappa shape index (κ2) is 17.6. The Morgan fingerprint density at radius 2 is 0.434 bits per heavy atom. The van der Waals surface area contributed by atoms with E-state index in [2.05, 4.69) is 96.3 Å². The lowest BCUT2D eigenvalue weighted by Gasteiger charge is -2.26. The summed E-state index contributed by atoms with van der Waals surface area (Å²) in [5.74, 6) is -1.72. The van der Waals surface area contributed by atoms with Crippen LogP contribution in [0.15, 0.2) is 243 Å². The van der Waals surface area contributed by atoms with Crippen LogP contribution in [0.2, 0.25) is 0 Å². The van der Waals surface area contributed by atoms with Crippen molar-refractivity contribution in [1.82, 2.24) is 13.7 Å². The van der Waals surface area contributed by atoms with Crippen molar-refractivity contribution in [3.8, 4) is 17.1 Å². The van der Waals surface area contributed by atoms with E-state index in [0.717, 1.165) is 117 Å². The highest BCUT2D eigenvalue weighted by molar-refractivity contribution is 6.14. The molecule has 5 nitrogen and oxygen atoms in total. The maximum atomic E-state index is 14.8. The minimum Gasteiger partial charge on any atom is -0.310 e. The molecule has 3 heterocycles. The molecule has 76 heavy (non-hydrogen) atoms. The molecule has 14 aromatic rings. The van der Waals surface area contributed by atoms with Crippen LogP contribution >= 0.6 is 0 Å². The van der Waals surface area contributed by atoms with Gasteiger partial charge in [0.1, 0.15) is 29.1 Å². The number of para-hydroxylation sites is 2. The van der Waals surface area contributed by atoms with Crippen LogP contribution in [0.4, 0.5) is 56.1 Å². The number of hydrogen-bond acceptors (Lipinski definition) is 2. The minimum absolute atomic E-state index is 0.316. The second-order valence-electron chi connectivity index (χ2n) is 18.9. The summed E-state index contributed by atoms with van der Waals surface area (Å²) >= 11 is 0. The summed E-state index contributed by atoms with van der Waals surface area (Å²) in [7, 11) is 0. The first kappa shape index (κ1) is 44.7. The molecule has 0 saturated carbocycles. The molecular weight excluding hydrogens is 958 g/mol. The van der Waals surface area contributed by atoms with E-state index in [9.17, 15) is 22.0 Å². The number of benzene rings is 11. The number of fused-ring (bicyclic) bond motifs is 9. The van der Waals surface area contributed by atoms with Gasteiger partial charge in [-0.1, -0.05) is 36.4 Å². The van der Waals surface area contributed by atoms with Crippen molar-refractivity contribution in [1.29, 1.82) is 0 Å². The monoisotopic (exact) mass is 997 g/mol. The van der Waals surface area contributed by atoms with Gasteiger partial charge in [0.25, 0.3) is 0 Å². The van der Waals surface area contributed by atoms with Gasteiger partial charge in [0.2, 0.25) is 0 Å². The first-order valence-electron chi connectivity index (χ1n) is 24.8. The van der Waals surface area contributed by atoms with E-state index in [-0.39, 0.29) is 29.1 Å². The van der Waals surface area contributed by atoms with Gasteiger partial charge < -0.3 is 23.5 Å². The fourth-order valence-electron chi connectivity index (χ4n) is 11.2. The lowest BCUT2D eigenvalue weighted by atomic mass is 10.1. The molecule has 0 N–H and O–H groups in total. The maximum absolute atomic E-state index is 14.8. The number of nitrogens with zero attached hydrogens (tertiary/aromatic N) is 5. The van der Waals surface area contributed by atoms with Gasteiger partial charge in [0, 0.05) is 83.5 Å². The van der Waals surface area contributed by atoms with E-state index in [1.807, 2.05) is 48.5 Å². The molecule has 0 fully saturated rings. The van der Waals surface area contributed by atoms with Crippen molar-refractivity contribution >= 4 is 99.5 Å². The molecule has 3 aromatic heterocycles. The fourth-order valence-corrected chi connectivity index (χ4v) is 11.2. The van der Waals surface area contributed by atoms with Gasteiger partial charge in [-0.15, -0.1) is 0 Å². The van der Waals surface area contributed by atoms with Gasteiger partial charge >= 0.3 is 0 Å². The number of halogens is 5. The Balaban J connectivity index is 0.982. The number of rotatable bonds is 9. The second-order valence-corrected chi connectivity index (χ2v) is 18.9. The molecule has 0 saturated heterocycles. The van der Waals surface area contributed by atoms with Gasteiger partial charge in [-0.3, -0.25) is 0 Å². The van der Waals surface area contributed by atoms with Crippen molar-refractivity contribution in [2.45, 2.75) is 0 Å². The Morgan fingerprint density at radius 3 is 0.724 bits per heavy atom. The van der Waals surface area contributed by atoms with Gasteiger partial charge in [-0.2, -0.15) is 0 Å². The smallest absolute Gasteiger partial charge is 0.123 e. The molecule has 0 atom stereocenters. The number of aromatic nitrogens is 3. The molecule has 0 spiro atoms. The minimum atomic E-state index is -0.365. The third-order valence-corrected chi connectivity index (χ3v) is 14.5. The lowest BCUT2D eigenvalue weighted by molar-refractivity contribution is 0.627. The molecule has 0 unspecified atom stereocenters. The fraction of sp³-hybridized carbons (Fsp3) is 0. The first-order chi connectivity index (χ1) is 37.2. The van der Waals surface area contributed by atoms with E-state index in [0.29, 0.717) is 0 Å². The Labute approximate surface area is 432 Å². The lowest BCUT2D eigenvalue weighted by Crippen LogP contribution is -2.10. The zero-order chi connectivity index (χ0) is 51.2. The Bertz CT molecular complexity index is 4290. The van der Waals surface area contributed by atoms with Gasteiger partial charge in [-0.05, 0) is 206 Å².